The van der Waals surface area contributed by atoms with Gasteiger partial charge in [0.15, 0.2) is 11.5 Å². The van der Waals surface area contributed by atoms with E-state index in [1.54, 1.807) is 38.1 Å². The third-order valence-electron chi connectivity index (χ3n) is 3.29. The number of benzene rings is 1. The van der Waals surface area contributed by atoms with Crippen molar-refractivity contribution in [2.45, 2.75) is 20.5 Å². The Labute approximate surface area is 142 Å². The van der Waals surface area contributed by atoms with Crippen LogP contribution in [0.1, 0.15) is 29.3 Å². The van der Waals surface area contributed by atoms with E-state index in [0.29, 0.717) is 23.4 Å². The minimum atomic E-state index is -2.95. The molecular formula is C17H15F2N3O3. The highest BCUT2D eigenvalue weighted by Crippen LogP contribution is 2.30. The molecule has 2 rings (SSSR count). The van der Waals surface area contributed by atoms with Gasteiger partial charge in [0.05, 0.1) is 12.3 Å². The Balaban J connectivity index is 2.34. The second kappa shape index (κ2) is 8.06. The maximum absolute atomic E-state index is 12.4. The summed E-state index contributed by atoms with van der Waals surface area (Å²) in [6.07, 6.45) is 3.26. The molecule has 0 aliphatic heterocycles. The average molecular weight is 347 g/mol. The van der Waals surface area contributed by atoms with Crippen LogP contribution < -0.4 is 15.0 Å². The molecule has 1 N–H and O–H groups in total. The zero-order chi connectivity index (χ0) is 18.4. The van der Waals surface area contributed by atoms with E-state index in [-0.39, 0.29) is 17.1 Å². The van der Waals surface area contributed by atoms with Gasteiger partial charge in [-0.05, 0) is 43.2 Å². The Morgan fingerprint density at radius 2 is 2.12 bits per heavy atom. The first-order valence-electron chi connectivity index (χ1n) is 7.35. The van der Waals surface area contributed by atoms with Crippen molar-refractivity contribution in [2.75, 3.05) is 6.61 Å². The Bertz CT molecular complexity index is 886. The molecule has 0 bridgehead atoms. The number of hydrogen-bond donors (Lipinski definition) is 1. The molecule has 0 amide bonds. The molecule has 6 nitrogen and oxygen atoms in total. The lowest BCUT2D eigenvalue weighted by atomic mass is 10.1. The third-order valence-corrected chi connectivity index (χ3v) is 3.29. The SMILES string of the molecule is CCOc1cc(/C=C/c2n[nH]c(=O)c(C#N)c2C)ccc1OC(F)F. The molecule has 0 saturated carbocycles. The van der Waals surface area contributed by atoms with Crippen LogP contribution in [0.4, 0.5) is 8.78 Å². The van der Waals surface area contributed by atoms with E-state index < -0.39 is 12.2 Å². The number of nitriles is 1. The molecular weight excluding hydrogens is 332 g/mol. The number of hydrogen-bond acceptors (Lipinski definition) is 5. The van der Waals surface area contributed by atoms with Crippen LogP contribution in [0, 0.1) is 18.3 Å². The van der Waals surface area contributed by atoms with Crippen LogP contribution in [0.15, 0.2) is 23.0 Å². The molecule has 2 aromatic rings. The van der Waals surface area contributed by atoms with Gasteiger partial charge >= 0.3 is 6.61 Å². The highest BCUT2D eigenvalue weighted by Gasteiger charge is 2.11. The van der Waals surface area contributed by atoms with Gasteiger partial charge in [-0.2, -0.15) is 19.1 Å². The summed E-state index contributed by atoms with van der Waals surface area (Å²) >= 11 is 0. The van der Waals surface area contributed by atoms with Crippen LogP contribution in [0.3, 0.4) is 0 Å². The van der Waals surface area contributed by atoms with E-state index in [2.05, 4.69) is 14.9 Å². The molecule has 8 heteroatoms. The summed E-state index contributed by atoms with van der Waals surface area (Å²) in [4.78, 5) is 11.5. The second-order valence-electron chi connectivity index (χ2n) is 4.90. The third kappa shape index (κ3) is 4.41. The number of aromatic nitrogens is 2. The Kier molecular flexibility index (Phi) is 5.84. The van der Waals surface area contributed by atoms with Crippen LogP contribution in [0.2, 0.25) is 0 Å². The Hall–Kier alpha value is -3.21. The van der Waals surface area contributed by atoms with Gasteiger partial charge in [0.25, 0.3) is 5.56 Å². The molecule has 0 unspecified atom stereocenters. The molecule has 0 radical (unpaired) electrons. The molecule has 0 aliphatic rings. The number of rotatable bonds is 6. The van der Waals surface area contributed by atoms with Gasteiger partial charge in [-0.3, -0.25) is 4.79 Å². The predicted octanol–water partition coefficient (Wildman–Crippen LogP) is 3.12. The summed E-state index contributed by atoms with van der Waals surface area (Å²) in [7, 11) is 0. The van der Waals surface area contributed by atoms with Gasteiger partial charge in [0, 0.05) is 0 Å². The number of halogens is 2. The fraction of sp³-hybridized carbons (Fsp3) is 0.235. The standard InChI is InChI=1S/C17H15F2N3O3/c1-3-24-15-8-11(5-7-14(15)25-17(18)19)4-6-13-10(2)12(9-20)16(23)22-21-13/h4-8,17H,3H2,1-2H3,(H,22,23)/b6-4+. The second-order valence-corrected chi connectivity index (χ2v) is 4.90. The van der Waals surface area contributed by atoms with Crippen LogP contribution in [0.25, 0.3) is 12.2 Å². The summed E-state index contributed by atoms with van der Waals surface area (Å²) in [5, 5.41) is 15.1. The van der Waals surface area contributed by atoms with Gasteiger partial charge in [-0.15, -0.1) is 0 Å². The first-order valence-corrected chi connectivity index (χ1v) is 7.35. The lowest BCUT2D eigenvalue weighted by Gasteiger charge is -2.11. The first-order chi connectivity index (χ1) is 12.0. The zero-order valence-electron chi connectivity index (χ0n) is 13.5. The van der Waals surface area contributed by atoms with Crippen LogP contribution in [0.5, 0.6) is 11.5 Å². The van der Waals surface area contributed by atoms with E-state index in [4.69, 9.17) is 10.00 Å². The molecule has 25 heavy (non-hydrogen) atoms. The minimum Gasteiger partial charge on any atom is -0.490 e. The summed E-state index contributed by atoms with van der Waals surface area (Å²) in [6, 6.07) is 6.33. The molecule has 0 spiro atoms. The maximum Gasteiger partial charge on any atom is 0.387 e. The van der Waals surface area contributed by atoms with Gasteiger partial charge in [-0.1, -0.05) is 12.1 Å². The highest BCUT2D eigenvalue weighted by atomic mass is 19.3. The fourth-order valence-corrected chi connectivity index (χ4v) is 2.11. The summed E-state index contributed by atoms with van der Waals surface area (Å²) in [5.74, 6) is 0.132. The summed E-state index contributed by atoms with van der Waals surface area (Å²) < 4.78 is 34.5. The predicted molar refractivity (Wildman–Crippen MR) is 87.5 cm³/mol. The molecule has 1 aromatic heterocycles. The van der Waals surface area contributed by atoms with Crippen molar-refractivity contribution in [3.63, 3.8) is 0 Å². The average Bonchev–Trinajstić information content (AvgIpc) is 2.56. The first kappa shape index (κ1) is 18.1. The Morgan fingerprint density at radius 1 is 1.36 bits per heavy atom. The molecule has 0 saturated heterocycles. The smallest absolute Gasteiger partial charge is 0.387 e. The molecule has 0 fully saturated rings. The van der Waals surface area contributed by atoms with Gasteiger partial charge in [0.1, 0.15) is 11.6 Å². The lowest BCUT2D eigenvalue weighted by molar-refractivity contribution is -0.0514. The summed E-state index contributed by atoms with van der Waals surface area (Å²) in [6.45, 7) is 0.689. The molecule has 1 aromatic carbocycles. The van der Waals surface area contributed by atoms with Gasteiger partial charge in [-0.25, -0.2) is 5.10 Å². The number of nitrogens with zero attached hydrogens (tertiary/aromatic N) is 2. The van der Waals surface area contributed by atoms with Crippen molar-refractivity contribution in [1.82, 2.24) is 10.2 Å². The quantitative estimate of drug-likeness (QED) is 0.867. The largest absolute Gasteiger partial charge is 0.490 e. The molecule has 130 valence electrons. The van der Waals surface area contributed by atoms with Crippen molar-refractivity contribution in [3.05, 3.63) is 50.9 Å². The maximum atomic E-state index is 12.4. The highest BCUT2D eigenvalue weighted by molar-refractivity contribution is 5.71. The summed E-state index contributed by atoms with van der Waals surface area (Å²) in [5.41, 5.74) is 0.956. The fourth-order valence-electron chi connectivity index (χ4n) is 2.11. The van der Waals surface area contributed by atoms with Gasteiger partial charge in [0.2, 0.25) is 0 Å². The van der Waals surface area contributed by atoms with Crippen molar-refractivity contribution in [2.24, 2.45) is 0 Å². The van der Waals surface area contributed by atoms with E-state index in [1.807, 2.05) is 6.07 Å². The van der Waals surface area contributed by atoms with E-state index in [0.717, 1.165) is 0 Å². The molecule has 0 atom stereocenters. The van der Waals surface area contributed by atoms with E-state index >= 15 is 0 Å². The van der Waals surface area contributed by atoms with Crippen LogP contribution in [-0.4, -0.2) is 23.4 Å². The number of ether oxygens (including phenoxy) is 2. The number of alkyl halides is 2. The number of aromatic amines is 1. The zero-order valence-corrected chi connectivity index (χ0v) is 13.5. The lowest BCUT2D eigenvalue weighted by Crippen LogP contribution is -2.15. The minimum absolute atomic E-state index is 0.00895. The van der Waals surface area contributed by atoms with Crippen LogP contribution in [-0.2, 0) is 0 Å². The van der Waals surface area contributed by atoms with Crippen LogP contribution >= 0.6 is 0 Å². The van der Waals surface area contributed by atoms with Gasteiger partial charge < -0.3 is 9.47 Å². The van der Waals surface area contributed by atoms with Crippen molar-refractivity contribution < 1.29 is 18.3 Å². The van der Waals surface area contributed by atoms with Crippen molar-refractivity contribution >= 4 is 12.2 Å². The molecule has 0 aliphatic carbocycles. The number of H-pyrrole nitrogens is 1. The van der Waals surface area contributed by atoms with E-state index in [9.17, 15) is 13.6 Å². The normalized spacial score (nSPS) is 10.9. The topological polar surface area (TPSA) is 88.0 Å². The molecule has 1 heterocycles. The van der Waals surface area contributed by atoms with Crippen molar-refractivity contribution in [3.8, 4) is 17.6 Å². The van der Waals surface area contributed by atoms with Crippen molar-refractivity contribution in [1.29, 1.82) is 5.26 Å². The Morgan fingerprint density at radius 3 is 2.76 bits per heavy atom. The number of nitrogens with one attached hydrogen (secondary N) is 1. The van der Waals surface area contributed by atoms with E-state index in [1.165, 1.54) is 6.07 Å². The monoisotopic (exact) mass is 347 g/mol.